The van der Waals surface area contributed by atoms with Gasteiger partial charge in [-0.1, -0.05) is 17.3 Å². The van der Waals surface area contributed by atoms with Crippen molar-refractivity contribution in [3.05, 3.63) is 35.7 Å². The van der Waals surface area contributed by atoms with Crippen LogP contribution in [-0.4, -0.2) is 28.3 Å². The normalized spacial score (nSPS) is 17.0. The molecule has 1 aromatic carbocycles. The first kappa shape index (κ1) is 13.8. The van der Waals surface area contributed by atoms with Crippen LogP contribution in [0.3, 0.4) is 0 Å². The van der Waals surface area contributed by atoms with Crippen molar-refractivity contribution in [2.75, 3.05) is 7.11 Å². The van der Waals surface area contributed by atoms with Crippen LogP contribution in [0.5, 0.6) is 0 Å². The second-order valence-corrected chi connectivity index (χ2v) is 5.18. The summed E-state index contributed by atoms with van der Waals surface area (Å²) in [5.74, 6) is -0.309. The number of benzene rings is 1. The minimum Gasteiger partial charge on any atom is -0.478 e. The van der Waals surface area contributed by atoms with Crippen LogP contribution in [0.25, 0.3) is 11.5 Å². The van der Waals surface area contributed by atoms with Crippen molar-refractivity contribution in [1.29, 1.82) is 0 Å². The molecule has 0 spiro atoms. The smallest absolute Gasteiger partial charge is 0.336 e. The molecule has 1 aliphatic rings. The monoisotopic (exact) mass is 288 g/mol. The standard InChI is InChI=1S/C15H16N2O4/c1-20-15(8-4-5-9-15)14-16-12(21-17-14)10-6-2-3-7-11(10)13(18)19/h2-3,6-7H,4-5,8-9H2,1H3,(H,18,19). The number of hydrogen-bond donors (Lipinski definition) is 1. The zero-order valence-electron chi connectivity index (χ0n) is 11.7. The van der Waals surface area contributed by atoms with Gasteiger partial charge in [0.15, 0.2) is 0 Å². The molecule has 1 aliphatic carbocycles. The maximum atomic E-state index is 11.3. The lowest BCUT2D eigenvalue weighted by Gasteiger charge is -2.22. The van der Waals surface area contributed by atoms with Crippen LogP contribution in [0.4, 0.5) is 0 Å². The van der Waals surface area contributed by atoms with Crippen LogP contribution in [0.2, 0.25) is 0 Å². The Morgan fingerprint density at radius 1 is 1.33 bits per heavy atom. The van der Waals surface area contributed by atoms with Crippen molar-refractivity contribution in [3.8, 4) is 11.5 Å². The number of carboxylic acid groups (broad SMARTS) is 1. The van der Waals surface area contributed by atoms with Crippen molar-refractivity contribution in [2.45, 2.75) is 31.3 Å². The van der Waals surface area contributed by atoms with E-state index in [9.17, 15) is 9.90 Å². The van der Waals surface area contributed by atoms with Gasteiger partial charge in [-0.05, 0) is 37.8 Å². The molecule has 0 bridgehead atoms. The Morgan fingerprint density at radius 2 is 2.05 bits per heavy atom. The quantitative estimate of drug-likeness (QED) is 0.931. The molecule has 3 rings (SSSR count). The Kier molecular flexibility index (Phi) is 3.47. The van der Waals surface area contributed by atoms with E-state index < -0.39 is 11.6 Å². The van der Waals surface area contributed by atoms with Crippen molar-refractivity contribution >= 4 is 5.97 Å². The third kappa shape index (κ3) is 2.31. The van der Waals surface area contributed by atoms with Crippen LogP contribution >= 0.6 is 0 Å². The number of ether oxygens (including phenoxy) is 1. The lowest BCUT2D eigenvalue weighted by Crippen LogP contribution is -2.25. The minimum absolute atomic E-state index is 0.144. The first-order chi connectivity index (χ1) is 10.2. The van der Waals surface area contributed by atoms with E-state index >= 15 is 0 Å². The summed E-state index contributed by atoms with van der Waals surface area (Å²) in [5, 5.41) is 13.2. The number of carboxylic acids is 1. The highest BCUT2D eigenvalue weighted by molar-refractivity contribution is 5.94. The second-order valence-electron chi connectivity index (χ2n) is 5.18. The summed E-state index contributed by atoms with van der Waals surface area (Å²) < 4.78 is 10.9. The van der Waals surface area contributed by atoms with Gasteiger partial charge in [-0.3, -0.25) is 0 Å². The highest BCUT2D eigenvalue weighted by atomic mass is 16.5. The highest BCUT2D eigenvalue weighted by Crippen LogP contribution is 2.40. The van der Waals surface area contributed by atoms with Crippen LogP contribution in [0.1, 0.15) is 41.9 Å². The zero-order chi connectivity index (χ0) is 14.9. The first-order valence-corrected chi connectivity index (χ1v) is 6.88. The third-order valence-corrected chi connectivity index (χ3v) is 4.02. The fraction of sp³-hybridized carbons (Fsp3) is 0.400. The number of nitrogens with zero attached hydrogens (tertiary/aromatic N) is 2. The number of aromatic nitrogens is 2. The summed E-state index contributed by atoms with van der Waals surface area (Å²) in [5.41, 5.74) is 0.0681. The van der Waals surface area contributed by atoms with Gasteiger partial charge in [-0.2, -0.15) is 4.98 Å². The molecule has 6 nitrogen and oxygen atoms in total. The van der Waals surface area contributed by atoms with Gasteiger partial charge in [-0.25, -0.2) is 4.79 Å². The summed E-state index contributed by atoms with van der Waals surface area (Å²) in [4.78, 5) is 15.6. The summed E-state index contributed by atoms with van der Waals surface area (Å²) in [6.07, 6.45) is 3.82. The van der Waals surface area contributed by atoms with E-state index in [0.29, 0.717) is 11.4 Å². The highest BCUT2D eigenvalue weighted by Gasteiger charge is 2.40. The van der Waals surface area contributed by atoms with E-state index in [1.807, 2.05) is 0 Å². The van der Waals surface area contributed by atoms with E-state index in [2.05, 4.69) is 10.1 Å². The Morgan fingerprint density at radius 3 is 2.71 bits per heavy atom. The summed E-state index contributed by atoms with van der Waals surface area (Å²) in [6, 6.07) is 6.59. The molecule has 6 heteroatoms. The van der Waals surface area contributed by atoms with Crippen LogP contribution in [0, 0.1) is 0 Å². The molecule has 1 fully saturated rings. The molecule has 0 amide bonds. The Bertz CT molecular complexity index is 659. The van der Waals surface area contributed by atoms with E-state index in [1.165, 1.54) is 6.07 Å². The van der Waals surface area contributed by atoms with Gasteiger partial charge < -0.3 is 14.4 Å². The lowest BCUT2D eigenvalue weighted by atomic mass is 10.0. The lowest BCUT2D eigenvalue weighted by molar-refractivity contribution is -0.0178. The number of aromatic carboxylic acids is 1. The van der Waals surface area contributed by atoms with Crippen molar-refractivity contribution in [3.63, 3.8) is 0 Å². The second kappa shape index (κ2) is 5.29. The van der Waals surface area contributed by atoms with Gasteiger partial charge in [-0.15, -0.1) is 0 Å². The van der Waals surface area contributed by atoms with Crippen molar-refractivity contribution < 1.29 is 19.2 Å². The fourth-order valence-corrected chi connectivity index (χ4v) is 2.84. The predicted octanol–water partition coefficient (Wildman–Crippen LogP) is 2.85. The number of methoxy groups -OCH3 is 1. The van der Waals surface area contributed by atoms with Crippen molar-refractivity contribution in [1.82, 2.24) is 10.1 Å². The van der Waals surface area contributed by atoms with Gasteiger partial charge in [0, 0.05) is 7.11 Å². The topological polar surface area (TPSA) is 85.5 Å². The molecule has 1 N–H and O–H groups in total. The van der Waals surface area contributed by atoms with E-state index in [0.717, 1.165) is 25.7 Å². The number of carbonyl (C=O) groups is 1. The Balaban J connectivity index is 2.01. The number of rotatable bonds is 4. The van der Waals surface area contributed by atoms with Gasteiger partial charge in [0.1, 0.15) is 5.60 Å². The average molecular weight is 288 g/mol. The minimum atomic E-state index is -1.02. The molecular formula is C15H16N2O4. The first-order valence-electron chi connectivity index (χ1n) is 6.88. The number of hydrogen-bond acceptors (Lipinski definition) is 5. The van der Waals surface area contributed by atoms with Crippen molar-refractivity contribution in [2.24, 2.45) is 0 Å². The van der Waals surface area contributed by atoms with Crippen LogP contribution < -0.4 is 0 Å². The summed E-state index contributed by atoms with van der Waals surface area (Å²) in [7, 11) is 1.65. The maximum Gasteiger partial charge on any atom is 0.336 e. The van der Waals surface area contributed by atoms with Crippen LogP contribution in [-0.2, 0) is 10.3 Å². The molecule has 1 saturated carbocycles. The largest absolute Gasteiger partial charge is 0.478 e. The molecule has 2 aromatic rings. The summed E-state index contributed by atoms with van der Waals surface area (Å²) in [6.45, 7) is 0. The predicted molar refractivity (Wildman–Crippen MR) is 73.8 cm³/mol. The van der Waals surface area contributed by atoms with Gasteiger partial charge in [0.2, 0.25) is 5.82 Å². The zero-order valence-corrected chi connectivity index (χ0v) is 11.7. The molecule has 0 radical (unpaired) electrons. The third-order valence-electron chi connectivity index (χ3n) is 4.02. The van der Waals surface area contributed by atoms with Gasteiger partial charge >= 0.3 is 5.97 Å². The molecule has 1 aromatic heterocycles. The molecule has 1 heterocycles. The molecule has 0 unspecified atom stereocenters. The van der Waals surface area contributed by atoms with Gasteiger partial charge in [0.25, 0.3) is 5.89 Å². The average Bonchev–Trinajstić information content (AvgIpc) is 3.17. The Hall–Kier alpha value is -2.21. The Labute approximate surface area is 121 Å². The SMILES string of the molecule is COC1(c2noc(-c3ccccc3C(=O)O)n2)CCCC1. The van der Waals surface area contributed by atoms with Crippen LogP contribution in [0.15, 0.2) is 28.8 Å². The van der Waals surface area contributed by atoms with Gasteiger partial charge in [0.05, 0.1) is 11.1 Å². The maximum absolute atomic E-state index is 11.3. The molecule has 0 saturated heterocycles. The fourth-order valence-electron chi connectivity index (χ4n) is 2.84. The summed E-state index contributed by atoms with van der Waals surface area (Å²) >= 11 is 0. The molecule has 0 aliphatic heterocycles. The molecule has 0 atom stereocenters. The van der Waals surface area contributed by atoms with E-state index in [4.69, 9.17) is 9.26 Å². The van der Waals surface area contributed by atoms with E-state index in [1.54, 1.807) is 25.3 Å². The van der Waals surface area contributed by atoms with E-state index in [-0.39, 0.29) is 11.5 Å². The molecular weight excluding hydrogens is 272 g/mol. The molecule has 110 valence electrons. The molecule has 21 heavy (non-hydrogen) atoms.